The maximum Gasteiger partial charge on any atom is 0.129 e. The molecule has 13 heavy (non-hydrogen) atoms. The lowest BCUT2D eigenvalue weighted by Gasteiger charge is -2.10. The van der Waals surface area contributed by atoms with E-state index in [1.807, 2.05) is 13.8 Å². The van der Waals surface area contributed by atoms with E-state index in [1.54, 1.807) is 0 Å². The summed E-state index contributed by atoms with van der Waals surface area (Å²) in [5, 5.41) is 28.4. The standard InChI is InChI=1S/C10H14O3/c1-3-6-8(11)5-9(12)7(4-2)10(6)13/h5,11-13H,3-4H2,1-2H3. The minimum atomic E-state index is -0.0466. The first-order valence-electron chi connectivity index (χ1n) is 4.37. The van der Waals surface area contributed by atoms with Crippen molar-refractivity contribution in [2.45, 2.75) is 26.7 Å². The van der Waals surface area contributed by atoms with Crippen LogP contribution in [-0.2, 0) is 12.8 Å². The molecule has 0 atom stereocenters. The molecule has 0 heterocycles. The number of benzene rings is 1. The third-order valence-corrected chi connectivity index (χ3v) is 2.17. The molecule has 0 saturated heterocycles. The molecule has 0 aliphatic rings. The van der Waals surface area contributed by atoms with Gasteiger partial charge in [0.15, 0.2) is 0 Å². The van der Waals surface area contributed by atoms with Gasteiger partial charge in [0.2, 0.25) is 0 Å². The molecule has 0 radical (unpaired) electrons. The molecule has 3 heteroatoms. The molecule has 0 aromatic heterocycles. The SMILES string of the molecule is CCc1c(O)cc(O)c(CC)c1O. The molecule has 0 bridgehead atoms. The topological polar surface area (TPSA) is 60.7 Å². The Morgan fingerprint density at radius 2 is 1.31 bits per heavy atom. The van der Waals surface area contributed by atoms with Crippen molar-refractivity contribution in [3.8, 4) is 17.2 Å². The van der Waals surface area contributed by atoms with Crippen LogP contribution in [0.2, 0.25) is 0 Å². The van der Waals surface area contributed by atoms with Gasteiger partial charge in [0, 0.05) is 17.2 Å². The maximum atomic E-state index is 9.63. The lowest BCUT2D eigenvalue weighted by atomic mass is 10.0. The highest BCUT2D eigenvalue weighted by Gasteiger charge is 2.13. The molecule has 3 N–H and O–H groups in total. The molecule has 0 fully saturated rings. The Morgan fingerprint density at radius 1 is 0.923 bits per heavy atom. The molecular formula is C10H14O3. The van der Waals surface area contributed by atoms with Crippen LogP contribution in [0.3, 0.4) is 0 Å². The minimum absolute atomic E-state index is 0.0162. The van der Waals surface area contributed by atoms with E-state index in [0.29, 0.717) is 24.0 Å². The zero-order valence-corrected chi connectivity index (χ0v) is 7.83. The summed E-state index contributed by atoms with van der Waals surface area (Å²) in [5.41, 5.74) is 0.990. The summed E-state index contributed by atoms with van der Waals surface area (Å²) in [6.07, 6.45) is 1.09. The molecule has 0 amide bonds. The molecule has 1 aromatic rings. The van der Waals surface area contributed by atoms with Crippen LogP contribution >= 0.6 is 0 Å². The molecule has 1 aromatic carbocycles. The zero-order chi connectivity index (χ0) is 10.0. The summed E-state index contributed by atoms with van der Waals surface area (Å²) in [4.78, 5) is 0. The van der Waals surface area contributed by atoms with Crippen LogP contribution in [0.1, 0.15) is 25.0 Å². The molecule has 0 saturated carbocycles. The Labute approximate surface area is 77.3 Å². The van der Waals surface area contributed by atoms with Gasteiger partial charge in [0.25, 0.3) is 0 Å². The third-order valence-electron chi connectivity index (χ3n) is 2.17. The van der Waals surface area contributed by atoms with Crippen molar-refractivity contribution in [3.05, 3.63) is 17.2 Å². The molecule has 3 nitrogen and oxygen atoms in total. The van der Waals surface area contributed by atoms with Gasteiger partial charge >= 0.3 is 0 Å². The first kappa shape index (κ1) is 9.71. The van der Waals surface area contributed by atoms with Gasteiger partial charge in [0.1, 0.15) is 17.2 Å². The number of hydrogen-bond acceptors (Lipinski definition) is 3. The van der Waals surface area contributed by atoms with Gasteiger partial charge in [-0.15, -0.1) is 0 Å². The first-order valence-corrected chi connectivity index (χ1v) is 4.37. The Hall–Kier alpha value is -1.38. The van der Waals surface area contributed by atoms with Crippen LogP contribution in [0.4, 0.5) is 0 Å². The van der Waals surface area contributed by atoms with E-state index < -0.39 is 0 Å². The van der Waals surface area contributed by atoms with Gasteiger partial charge < -0.3 is 15.3 Å². The van der Waals surface area contributed by atoms with Crippen LogP contribution in [0, 0.1) is 0 Å². The second kappa shape index (κ2) is 3.56. The number of hydrogen-bond donors (Lipinski definition) is 3. The lowest BCUT2D eigenvalue weighted by Crippen LogP contribution is -1.90. The summed E-state index contributed by atoms with van der Waals surface area (Å²) < 4.78 is 0. The smallest absolute Gasteiger partial charge is 0.129 e. The van der Waals surface area contributed by atoms with Crippen molar-refractivity contribution < 1.29 is 15.3 Å². The van der Waals surface area contributed by atoms with E-state index in [1.165, 1.54) is 6.07 Å². The molecular weight excluding hydrogens is 168 g/mol. The van der Waals surface area contributed by atoms with E-state index in [-0.39, 0.29) is 17.2 Å². The van der Waals surface area contributed by atoms with Gasteiger partial charge in [0.05, 0.1) is 0 Å². The molecule has 0 spiro atoms. The maximum absolute atomic E-state index is 9.63. The van der Waals surface area contributed by atoms with Crippen LogP contribution in [0.15, 0.2) is 6.07 Å². The van der Waals surface area contributed by atoms with Crippen molar-refractivity contribution in [2.75, 3.05) is 0 Å². The van der Waals surface area contributed by atoms with Gasteiger partial charge in [-0.25, -0.2) is 0 Å². The van der Waals surface area contributed by atoms with Crippen LogP contribution in [0.5, 0.6) is 17.2 Å². The summed E-state index contributed by atoms with van der Waals surface area (Å²) in [6, 6.07) is 1.28. The van der Waals surface area contributed by atoms with E-state index in [4.69, 9.17) is 0 Å². The predicted molar refractivity (Wildman–Crippen MR) is 50.2 cm³/mol. The summed E-state index contributed by atoms with van der Waals surface area (Å²) >= 11 is 0. The van der Waals surface area contributed by atoms with Crippen molar-refractivity contribution >= 4 is 0 Å². The predicted octanol–water partition coefficient (Wildman–Crippen LogP) is 1.93. The molecule has 0 aliphatic heterocycles. The Balaban J connectivity index is 3.39. The highest BCUT2D eigenvalue weighted by atomic mass is 16.3. The average Bonchev–Trinajstić information content (AvgIpc) is 2.04. The Bertz CT molecular complexity index is 290. The van der Waals surface area contributed by atoms with Gasteiger partial charge in [-0.1, -0.05) is 13.8 Å². The number of phenols is 3. The summed E-state index contributed by atoms with van der Waals surface area (Å²) in [7, 11) is 0. The highest BCUT2D eigenvalue weighted by Crippen LogP contribution is 2.37. The Morgan fingerprint density at radius 3 is 1.62 bits per heavy atom. The quantitative estimate of drug-likeness (QED) is 0.655. The fraction of sp³-hybridized carbons (Fsp3) is 0.400. The number of rotatable bonds is 2. The fourth-order valence-electron chi connectivity index (χ4n) is 1.43. The van der Waals surface area contributed by atoms with Crippen molar-refractivity contribution in [2.24, 2.45) is 0 Å². The molecule has 1 rings (SSSR count). The van der Waals surface area contributed by atoms with E-state index in [9.17, 15) is 15.3 Å². The van der Waals surface area contributed by atoms with Crippen molar-refractivity contribution in [3.63, 3.8) is 0 Å². The second-order valence-electron chi connectivity index (χ2n) is 2.93. The fourth-order valence-corrected chi connectivity index (χ4v) is 1.43. The number of aromatic hydroxyl groups is 3. The van der Waals surface area contributed by atoms with Crippen LogP contribution in [-0.4, -0.2) is 15.3 Å². The average molecular weight is 182 g/mol. The largest absolute Gasteiger partial charge is 0.507 e. The van der Waals surface area contributed by atoms with Crippen molar-refractivity contribution in [1.82, 2.24) is 0 Å². The van der Waals surface area contributed by atoms with Crippen molar-refractivity contribution in [1.29, 1.82) is 0 Å². The van der Waals surface area contributed by atoms with Crippen LogP contribution < -0.4 is 0 Å². The summed E-state index contributed by atoms with van der Waals surface area (Å²) in [6.45, 7) is 3.68. The normalized spacial score (nSPS) is 10.3. The van der Waals surface area contributed by atoms with E-state index in [2.05, 4.69) is 0 Å². The Kier molecular flexibility index (Phi) is 2.66. The van der Waals surface area contributed by atoms with Gasteiger partial charge in [-0.2, -0.15) is 0 Å². The lowest BCUT2D eigenvalue weighted by molar-refractivity contribution is 0.412. The molecule has 0 unspecified atom stereocenters. The van der Waals surface area contributed by atoms with E-state index >= 15 is 0 Å². The number of phenolic OH excluding ortho intramolecular Hbond substituents is 3. The minimum Gasteiger partial charge on any atom is -0.507 e. The van der Waals surface area contributed by atoms with Gasteiger partial charge in [-0.05, 0) is 12.8 Å². The van der Waals surface area contributed by atoms with Gasteiger partial charge in [-0.3, -0.25) is 0 Å². The first-order chi connectivity index (χ1) is 6.11. The van der Waals surface area contributed by atoms with E-state index in [0.717, 1.165) is 0 Å². The molecule has 72 valence electrons. The summed E-state index contributed by atoms with van der Waals surface area (Å²) in [5.74, 6) is -0.0769. The molecule has 0 aliphatic carbocycles. The monoisotopic (exact) mass is 182 g/mol. The second-order valence-corrected chi connectivity index (χ2v) is 2.93. The highest BCUT2D eigenvalue weighted by molar-refractivity contribution is 5.55. The third kappa shape index (κ3) is 1.54. The van der Waals surface area contributed by atoms with Crippen LogP contribution in [0.25, 0.3) is 0 Å². The zero-order valence-electron chi connectivity index (χ0n) is 7.83.